The summed E-state index contributed by atoms with van der Waals surface area (Å²) < 4.78 is 23.3. The molecule has 2 aromatic carbocycles. The molecular formula is C19H17FN2O3S. The van der Waals surface area contributed by atoms with Crippen molar-refractivity contribution in [1.29, 1.82) is 0 Å². The highest BCUT2D eigenvalue weighted by atomic mass is 32.1. The first kappa shape index (κ1) is 17.9. The average Bonchev–Trinajstić information content (AvgIpc) is 3.01. The summed E-state index contributed by atoms with van der Waals surface area (Å²) in [7, 11) is 1.62. The zero-order valence-electron chi connectivity index (χ0n) is 14.3. The second-order valence-corrected chi connectivity index (χ2v) is 6.65. The summed E-state index contributed by atoms with van der Waals surface area (Å²) in [6.45, 7) is 1.77. The third kappa shape index (κ3) is 4.37. The maximum absolute atomic E-state index is 12.8. The molecule has 1 heterocycles. The minimum absolute atomic E-state index is 0.178. The maximum Gasteiger partial charge on any atom is 0.264 e. The molecule has 0 saturated heterocycles. The molecule has 0 bridgehead atoms. The molecule has 7 heteroatoms. The molecule has 0 aliphatic carbocycles. The molecule has 3 rings (SSSR count). The highest BCUT2D eigenvalue weighted by molar-refractivity contribution is 7.16. The van der Waals surface area contributed by atoms with E-state index in [1.807, 2.05) is 31.2 Å². The molecule has 0 spiro atoms. The van der Waals surface area contributed by atoms with E-state index >= 15 is 0 Å². The molecule has 134 valence electrons. The standard InChI is InChI=1S/C19H17FN2O3S/c1-12-18(13-3-7-15(24-2)8-4-13)22-19(26-12)21-17(23)11-25-16-9-5-14(20)6-10-16/h3-10H,11H2,1-2H3,(H,21,22,23). The zero-order chi connectivity index (χ0) is 18.5. The molecule has 0 saturated carbocycles. The van der Waals surface area contributed by atoms with Crippen molar-refractivity contribution in [2.45, 2.75) is 6.92 Å². The Morgan fingerprint density at radius 3 is 2.42 bits per heavy atom. The Labute approximate surface area is 154 Å². The van der Waals surface area contributed by atoms with Gasteiger partial charge in [-0.15, -0.1) is 11.3 Å². The lowest BCUT2D eigenvalue weighted by atomic mass is 10.1. The topological polar surface area (TPSA) is 60.5 Å². The number of aryl methyl sites for hydroxylation is 1. The summed E-state index contributed by atoms with van der Waals surface area (Å²) in [5.41, 5.74) is 1.76. The largest absolute Gasteiger partial charge is 0.497 e. The van der Waals surface area contributed by atoms with Crippen LogP contribution in [-0.4, -0.2) is 24.6 Å². The van der Waals surface area contributed by atoms with Crippen LogP contribution in [0.2, 0.25) is 0 Å². The number of amides is 1. The number of carbonyl (C=O) groups excluding carboxylic acids is 1. The Morgan fingerprint density at radius 2 is 1.77 bits per heavy atom. The van der Waals surface area contributed by atoms with Crippen LogP contribution in [0.4, 0.5) is 9.52 Å². The molecule has 5 nitrogen and oxygen atoms in total. The van der Waals surface area contributed by atoms with Crippen molar-refractivity contribution in [2.24, 2.45) is 0 Å². The van der Waals surface area contributed by atoms with Gasteiger partial charge in [0.15, 0.2) is 11.7 Å². The fourth-order valence-electron chi connectivity index (χ4n) is 2.30. The number of nitrogens with zero attached hydrogens (tertiary/aromatic N) is 1. The number of halogens is 1. The second-order valence-electron chi connectivity index (χ2n) is 5.44. The zero-order valence-corrected chi connectivity index (χ0v) is 15.1. The van der Waals surface area contributed by atoms with E-state index in [0.717, 1.165) is 21.9 Å². The van der Waals surface area contributed by atoms with Crippen LogP contribution in [0.3, 0.4) is 0 Å². The summed E-state index contributed by atoms with van der Waals surface area (Å²) in [6, 6.07) is 13.1. The van der Waals surface area contributed by atoms with E-state index < -0.39 is 0 Å². The second kappa shape index (κ2) is 7.97. The normalized spacial score (nSPS) is 10.4. The van der Waals surface area contributed by atoms with E-state index in [2.05, 4.69) is 10.3 Å². The van der Waals surface area contributed by atoms with Gasteiger partial charge in [0.1, 0.15) is 17.3 Å². The molecule has 0 aliphatic heterocycles. The van der Waals surface area contributed by atoms with Gasteiger partial charge in [-0.3, -0.25) is 10.1 Å². The molecule has 0 unspecified atom stereocenters. The van der Waals surface area contributed by atoms with E-state index in [1.165, 1.54) is 35.6 Å². The highest BCUT2D eigenvalue weighted by Crippen LogP contribution is 2.31. The lowest BCUT2D eigenvalue weighted by Gasteiger charge is -2.05. The van der Waals surface area contributed by atoms with Crippen LogP contribution in [0.5, 0.6) is 11.5 Å². The van der Waals surface area contributed by atoms with Crippen molar-refractivity contribution in [2.75, 3.05) is 19.0 Å². The Balaban J connectivity index is 1.62. The predicted molar refractivity (Wildman–Crippen MR) is 99.4 cm³/mol. The van der Waals surface area contributed by atoms with Crippen LogP contribution in [0.15, 0.2) is 48.5 Å². The van der Waals surface area contributed by atoms with Crippen molar-refractivity contribution in [3.05, 3.63) is 59.2 Å². The van der Waals surface area contributed by atoms with Gasteiger partial charge < -0.3 is 9.47 Å². The van der Waals surface area contributed by atoms with Gasteiger partial charge in [-0.2, -0.15) is 0 Å². The van der Waals surface area contributed by atoms with Gasteiger partial charge in [0.25, 0.3) is 5.91 Å². The van der Waals surface area contributed by atoms with Gasteiger partial charge in [0, 0.05) is 10.4 Å². The third-order valence-corrected chi connectivity index (χ3v) is 4.48. The van der Waals surface area contributed by atoms with Crippen LogP contribution in [0.1, 0.15) is 4.88 Å². The summed E-state index contributed by atoms with van der Waals surface area (Å²) >= 11 is 1.39. The number of hydrogen-bond donors (Lipinski definition) is 1. The lowest BCUT2D eigenvalue weighted by molar-refractivity contribution is -0.118. The first-order chi connectivity index (χ1) is 12.5. The van der Waals surface area contributed by atoms with Crippen LogP contribution >= 0.6 is 11.3 Å². The number of nitrogens with one attached hydrogen (secondary N) is 1. The monoisotopic (exact) mass is 372 g/mol. The summed E-state index contributed by atoms with van der Waals surface area (Å²) in [4.78, 5) is 17.5. The third-order valence-electron chi connectivity index (χ3n) is 3.59. The number of thiazole rings is 1. The van der Waals surface area contributed by atoms with Crippen molar-refractivity contribution < 1.29 is 18.7 Å². The molecule has 3 aromatic rings. The van der Waals surface area contributed by atoms with Gasteiger partial charge in [-0.1, -0.05) is 0 Å². The number of ether oxygens (including phenoxy) is 2. The van der Waals surface area contributed by atoms with E-state index in [0.29, 0.717) is 10.9 Å². The van der Waals surface area contributed by atoms with Gasteiger partial charge in [0.2, 0.25) is 0 Å². The summed E-state index contributed by atoms with van der Waals surface area (Å²) in [5.74, 6) is 0.513. The van der Waals surface area contributed by atoms with Crippen LogP contribution in [0.25, 0.3) is 11.3 Å². The molecule has 0 fully saturated rings. The number of methoxy groups -OCH3 is 1. The molecule has 0 aliphatic rings. The van der Waals surface area contributed by atoms with Crippen molar-refractivity contribution in [1.82, 2.24) is 4.98 Å². The molecule has 1 aromatic heterocycles. The van der Waals surface area contributed by atoms with Crippen LogP contribution in [-0.2, 0) is 4.79 Å². The van der Waals surface area contributed by atoms with Crippen LogP contribution < -0.4 is 14.8 Å². The Bertz CT molecular complexity index is 892. The van der Waals surface area contributed by atoms with E-state index in [9.17, 15) is 9.18 Å². The smallest absolute Gasteiger partial charge is 0.264 e. The minimum atomic E-state index is -0.355. The van der Waals surface area contributed by atoms with Crippen LogP contribution in [0, 0.1) is 12.7 Å². The highest BCUT2D eigenvalue weighted by Gasteiger charge is 2.12. The van der Waals surface area contributed by atoms with Crippen molar-refractivity contribution in [3.63, 3.8) is 0 Å². The van der Waals surface area contributed by atoms with E-state index in [-0.39, 0.29) is 18.3 Å². The molecule has 1 amide bonds. The molecule has 0 radical (unpaired) electrons. The van der Waals surface area contributed by atoms with Gasteiger partial charge >= 0.3 is 0 Å². The summed E-state index contributed by atoms with van der Waals surface area (Å²) in [5, 5.41) is 3.22. The first-order valence-electron chi connectivity index (χ1n) is 7.85. The average molecular weight is 372 g/mol. The SMILES string of the molecule is COc1ccc(-c2nc(NC(=O)COc3ccc(F)cc3)sc2C)cc1. The quantitative estimate of drug-likeness (QED) is 0.701. The fourth-order valence-corrected chi connectivity index (χ4v) is 3.15. The minimum Gasteiger partial charge on any atom is -0.497 e. The lowest BCUT2D eigenvalue weighted by Crippen LogP contribution is -2.20. The Kier molecular flexibility index (Phi) is 5.48. The number of aromatic nitrogens is 1. The number of hydrogen-bond acceptors (Lipinski definition) is 5. The predicted octanol–water partition coefficient (Wildman–Crippen LogP) is 4.28. The number of anilines is 1. The van der Waals surface area contributed by atoms with Gasteiger partial charge in [0.05, 0.1) is 12.8 Å². The number of benzene rings is 2. The Morgan fingerprint density at radius 1 is 1.12 bits per heavy atom. The van der Waals surface area contributed by atoms with Gasteiger partial charge in [-0.05, 0) is 55.5 Å². The fraction of sp³-hybridized carbons (Fsp3) is 0.158. The van der Waals surface area contributed by atoms with Crippen molar-refractivity contribution >= 4 is 22.4 Å². The van der Waals surface area contributed by atoms with E-state index in [4.69, 9.17) is 9.47 Å². The van der Waals surface area contributed by atoms with Crippen molar-refractivity contribution in [3.8, 4) is 22.8 Å². The summed E-state index contributed by atoms with van der Waals surface area (Å²) in [6.07, 6.45) is 0. The molecule has 0 atom stereocenters. The number of rotatable bonds is 6. The Hall–Kier alpha value is -2.93. The first-order valence-corrected chi connectivity index (χ1v) is 8.67. The molecular weight excluding hydrogens is 355 g/mol. The maximum atomic E-state index is 12.8. The number of carbonyl (C=O) groups is 1. The van der Waals surface area contributed by atoms with Gasteiger partial charge in [-0.25, -0.2) is 9.37 Å². The van der Waals surface area contributed by atoms with E-state index in [1.54, 1.807) is 7.11 Å². The molecule has 1 N–H and O–H groups in total. The molecule has 26 heavy (non-hydrogen) atoms.